The summed E-state index contributed by atoms with van der Waals surface area (Å²) in [5.41, 5.74) is 0. The summed E-state index contributed by atoms with van der Waals surface area (Å²) in [5.74, 6) is -0.564. The highest BCUT2D eigenvalue weighted by atomic mass is 16.5. The van der Waals surface area contributed by atoms with Gasteiger partial charge in [-0.2, -0.15) is 4.98 Å². The molecule has 0 bridgehead atoms. The van der Waals surface area contributed by atoms with Gasteiger partial charge in [0.25, 0.3) is 0 Å². The van der Waals surface area contributed by atoms with Crippen LogP contribution in [0.1, 0.15) is 18.7 Å². The van der Waals surface area contributed by atoms with Gasteiger partial charge in [-0.3, -0.25) is 4.79 Å². The number of carbonyl (C=O) groups is 2. The minimum atomic E-state index is -0.780. The average molecular weight is 268 g/mol. The first-order chi connectivity index (χ1) is 9.16. The van der Waals surface area contributed by atoms with Crippen LogP contribution in [0.25, 0.3) is 0 Å². The molecule has 0 atom stereocenters. The molecule has 1 aliphatic heterocycles. The van der Waals surface area contributed by atoms with Crippen LogP contribution in [-0.4, -0.2) is 51.8 Å². The Morgan fingerprint density at radius 2 is 2.21 bits per heavy atom. The molecule has 1 aromatic rings. The summed E-state index contributed by atoms with van der Waals surface area (Å²) in [6, 6.07) is -0.174. The van der Waals surface area contributed by atoms with E-state index in [1.165, 1.54) is 6.39 Å². The molecule has 1 aliphatic rings. The Labute approximate surface area is 109 Å². The van der Waals surface area contributed by atoms with Gasteiger partial charge in [-0.25, -0.2) is 4.79 Å². The van der Waals surface area contributed by atoms with Gasteiger partial charge in [-0.15, -0.1) is 0 Å². The zero-order valence-corrected chi connectivity index (χ0v) is 10.4. The van der Waals surface area contributed by atoms with Crippen molar-refractivity contribution in [2.24, 2.45) is 5.92 Å². The van der Waals surface area contributed by atoms with Gasteiger partial charge in [0, 0.05) is 26.1 Å². The zero-order valence-electron chi connectivity index (χ0n) is 10.4. The molecular formula is C11H16N4O4. The number of likely N-dealkylation sites (tertiary alicyclic amines) is 1. The second kappa shape index (κ2) is 6.17. The number of piperidine rings is 1. The number of aromatic nitrogens is 2. The van der Waals surface area contributed by atoms with Gasteiger partial charge in [-0.1, -0.05) is 5.16 Å². The number of urea groups is 1. The van der Waals surface area contributed by atoms with Crippen LogP contribution in [0.15, 0.2) is 10.9 Å². The molecule has 0 unspecified atom stereocenters. The number of nitrogens with one attached hydrogen (secondary N) is 1. The minimum Gasteiger partial charge on any atom is -0.481 e. The smallest absolute Gasteiger partial charge is 0.317 e. The van der Waals surface area contributed by atoms with Gasteiger partial charge in [-0.05, 0) is 12.8 Å². The van der Waals surface area contributed by atoms with E-state index >= 15 is 0 Å². The van der Waals surface area contributed by atoms with E-state index in [1.54, 1.807) is 4.90 Å². The van der Waals surface area contributed by atoms with Gasteiger partial charge in [0.05, 0.1) is 5.92 Å². The van der Waals surface area contributed by atoms with Gasteiger partial charge in [0.2, 0.25) is 6.39 Å². The second-order valence-electron chi connectivity index (χ2n) is 4.43. The molecule has 0 aromatic carbocycles. The number of nitrogens with zero attached hydrogens (tertiary/aromatic N) is 3. The third-order valence-corrected chi connectivity index (χ3v) is 3.16. The van der Waals surface area contributed by atoms with Crippen molar-refractivity contribution in [2.75, 3.05) is 19.6 Å². The third kappa shape index (κ3) is 3.67. The Bertz CT molecular complexity index is 426. The highest BCUT2D eigenvalue weighted by molar-refractivity contribution is 5.75. The Morgan fingerprint density at radius 1 is 1.47 bits per heavy atom. The van der Waals surface area contributed by atoms with E-state index in [1.807, 2.05) is 0 Å². The molecule has 8 heteroatoms. The van der Waals surface area contributed by atoms with Crippen molar-refractivity contribution in [3.8, 4) is 0 Å². The molecule has 104 valence electrons. The van der Waals surface area contributed by atoms with Crippen molar-refractivity contribution in [3.05, 3.63) is 12.2 Å². The Hall–Kier alpha value is -2.12. The van der Waals surface area contributed by atoms with E-state index in [0.717, 1.165) is 0 Å². The molecule has 19 heavy (non-hydrogen) atoms. The van der Waals surface area contributed by atoms with E-state index in [9.17, 15) is 9.59 Å². The fraction of sp³-hybridized carbons (Fsp3) is 0.636. The highest BCUT2D eigenvalue weighted by Gasteiger charge is 2.26. The molecule has 1 aromatic heterocycles. The number of amides is 2. The van der Waals surface area contributed by atoms with Crippen molar-refractivity contribution >= 4 is 12.0 Å². The minimum absolute atomic E-state index is 0.174. The lowest BCUT2D eigenvalue weighted by molar-refractivity contribution is -0.143. The highest BCUT2D eigenvalue weighted by Crippen LogP contribution is 2.17. The van der Waals surface area contributed by atoms with Gasteiger partial charge in [0.1, 0.15) is 0 Å². The summed E-state index contributed by atoms with van der Waals surface area (Å²) in [5, 5.41) is 15.3. The molecular weight excluding hydrogens is 252 g/mol. The van der Waals surface area contributed by atoms with Crippen LogP contribution < -0.4 is 5.32 Å². The Morgan fingerprint density at radius 3 is 2.79 bits per heavy atom. The van der Waals surface area contributed by atoms with Gasteiger partial charge < -0.3 is 19.8 Å². The quantitative estimate of drug-likeness (QED) is 0.802. The molecule has 8 nitrogen and oxygen atoms in total. The van der Waals surface area contributed by atoms with E-state index in [2.05, 4.69) is 20.0 Å². The summed E-state index contributed by atoms with van der Waals surface area (Å²) in [6.45, 7) is 1.38. The van der Waals surface area contributed by atoms with Crippen molar-refractivity contribution < 1.29 is 19.2 Å². The van der Waals surface area contributed by atoms with Crippen LogP contribution in [0, 0.1) is 5.92 Å². The van der Waals surface area contributed by atoms with Crippen molar-refractivity contribution in [2.45, 2.75) is 19.3 Å². The summed E-state index contributed by atoms with van der Waals surface area (Å²) >= 11 is 0. The monoisotopic (exact) mass is 268 g/mol. The number of hydrogen-bond acceptors (Lipinski definition) is 5. The lowest BCUT2D eigenvalue weighted by Gasteiger charge is -2.30. The average Bonchev–Trinajstić information content (AvgIpc) is 2.92. The summed E-state index contributed by atoms with van der Waals surface area (Å²) in [4.78, 5) is 28.1. The molecule has 2 amide bonds. The Balaban J connectivity index is 1.68. The van der Waals surface area contributed by atoms with Crippen LogP contribution in [-0.2, 0) is 11.2 Å². The zero-order chi connectivity index (χ0) is 13.7. The van der Waals surface area contributed by atoms with Crippen molar-refractivity contribution in [1.29, 1.82) is 0 Å². The number of carboxylic acids is 1. The molecule has 2 N–H and O–H groups in total. The van der Waals surface area contributed by atoms with Crippen LogP contribution in [0.2, 0.25) is 0 Å². The number of carbonyl (C=O) groups excluding carboxylic acids is 1. The molecule has 0 aliphatic carbocycles. The third-order valence-electron chi connectivity index (χ3n) is 3.16. The van der Waals surface area contributed by atoms with Crippen LogP contribution >= 0.6 is 0 Å². The predicted octanol–water partition coefficient (Wildman–Crippen LogP) is 0.118. The molecule has 2 rings (SSSR count). The molecule has 0 saturated carbocycles. The maximum atomic E-state index is 11.8. The Kier molecular flexibility index (Phi) is 4.32. The molecule has 1 fully saturated rings. The maximum Gasteiger partial charge on any atom is 0.317 e. The molecule has 1 saturated heterocycles. The number of hydrogen-bond donors (Lipinski definition) is 2. The van der Waals surface area contributed by atoms with Crippen LogP contribution in [0.5, 0.6) is 0 Å². The summed E-state index contributed by atoms with van der Waals surface area (Å²) in [7, 11) is 0. The largest absolute Gasteiger partial charge is 0.481 e. The van der Waals surface area contributed by atoms with Crippen molar-refractivity contribution in [1.82, 2.24) is 20.4 Å². The lowest BCUT2D eigenvalue weighted by atomic mass is 9.97. The predicted molar refractivity (Wildman–Crippen MR) is 63.3 cm³/mol. The number of rotatable bonds is 4. The molecule has 0 radical (unpaired) electrons. The van der Waals surface area contributed by atoms with Gasteiger partial charge in [0.15, 0.2) is 5.82 Å². The van der Waals surface area contributed by atoms with E-state index in [4.69, 9.17) is 5.11 Å². The van der Waals surface area contributed by atoms with E-state index in [0.29, 0.717) is 44.7 Å². The standard InChI is InChI=1S/C11H16N4O4/c16-10(17)8-2-5-15(6-3-8)11(18)12-4-1-9-13-7-19-14-9/h7-8H,1-6H2,(H,12,18)(H,16,17). The van der Waals surface area contributed by atoms with Crippen LogP contribution in [0.3, 0.4) is 0 Å². The fourth-order valence-electron chi connectivity index (χ4n) is 2.03. The van der Waals surface area contributed by atoms with Crippen LogP contribution in [0.4, 0.5) is 4.79 Å². The van der Waals surface area contributed by atoms with E-state index < -0.39 is 5.97 Å². The number of aliphatic carboxylic acids is 1. The topological polar surface area (TPSA) is 109 Å². The normalized spacial score (nSPS) is 16.3. The number of carboxylic acid groups (broad SMARTS) is 1. The van der Waals surface area contributed by atoms with Crippen molar-refractivity contribution in [3.63, 3.8) is 0 Å². The fourth-order valence-corrected chi connectivity index (χ4v) is 2.03. The second-order valence-corrected chi connectivity index (χ2v) is 4.43. The first-order valence-electron chi connectivity index (χ1n) is 6.17. The first kappa shape index (κ1) is 13.3. The molecule has 0 spiro atoms. The lowest BCUT2D eigenvalue weighted by Crippen LogP contribution is -2.45. The molecule has 2 heterocycles. The SMILES string of the molecule is O=C(O)C1CCN(C(=O)NCCc2ncon2)CC1. The summed E-state index contributed by atoms with van der Waals surface area (Å²) in [6.07, 6.45) is 2.77. The summed E-state index contributed by atoms with van der Waals surface area (Å²) < 4.78 is 4.58. The van der Waals surface area contributed by atoms with Gasteiger partial charge >= 0.3 is 12.0 Å². The maximum absolute atomic E-state index is 11.8. The van der Waals surface area contributed by atoms with E-state index in [-0.39, 0.29) is 11.9 Å². The first-order valence-corrected chi connectivity index (χ1v) is 6.17.